The van der Waals surface area contributed by atoms with Crippen LogP contribution < -0.4 is 4.90 Å². The van der Waals surface area contributed by atoms with Gasteiger partial charge in [-0.2, -0.15) is 0 Å². The number of hydrogen-bond acceptors (Lipinski definition) is 2. The van der Waals surface area contributed by atoms with Gasteiger partial charge in [-0.25, -0.2) is 0 Å². The van der Waals surface area contributed by atoms with Crippen LogP contribution >= 0.6 is 0 Å². The first-order valence-electron chi connectivity index (χ1n) is 6.78. The second kappa shape index (κ2) is 5.75. The van der Waals surface area contributed by atoms with E-state index in [-0.39, 0.29) is 11.4 Å². The summed E-state index contributed by atoms with van der Waals surface area (Å²) in [5.41, 5.74) is -0.899. The van der Waals surface area contributed by atoms with E-state index < -0.39 is 5.60 Å². The minimum atomic E-state index is -0.710. The Hall–Kier alpha value is -1.01. The highest BCUT2D eigenvalue weighted by atomic mass is 16.6. The molecule has 1 aliphatic rings. The Morgan fingerprint density at radius 3 is 2.22 bits per heavy atom. The van der Waals surface area contributed by atoms with Crippen molar-refractivity contribution in [3.05, 3.63) is 0 Å². The summed E-state index contributed by atoms with van der Waals surface area (Å²) in [6, 6.07) is 0. The van der Waals surface area contributed by atoms with Crippen LogP contribution in [0.3, 0.4) is 0 Å². The van der Waals surface area contributed by atoms with Gasteiger partial charge in [-0.3, -0.25) is 4.79 Å². The molecule has 0 saturated carbocycles. The van der Waals surface area contributed by atoms with Gasteiger partial charge in [0, 0.05) is 25.2 Å². The van der Waals surface area contributed by atoms with E-state index in [9.17, 15) is 4.79 Å². The third-order valence-corrected chi connectivity index (χ3v) is 3.76. The number of likely N-dealkylation sites (tertiary alicyclic amines) is 1. The third kappa shape index (κ3) is 4.03. The lowest BCUT2D eigenvalue weighted by Crippen LogP contribution is -3.09. The van der Waals surface area contributed by atoms with Crippen LogP contribution in [0.1, 0.15) is 47.5 Å². The average Bonchev–Trinajstić information content (AvgIpc) is 2.67. The summed E-state index contributed by atoms with van der Waals surface area (Å²) in [6.07, 6.45) is 2.61. The quantitative estimate of drug-likeness (QED) is 0.588. The van der Waals surface area contributed by atoms with Crippen molar-refractivity contribution in [2.75, 3.05) is 19.6 Å². The molecule has 0 amide bonds. The van der Waals surface area contributed by atoms with Gasteiger partial charge in [0.05, 0.1) is 13.1 Å². The molecule has 1 heterocycles. The molecule has 1 rings (SSSR count). The number of carbonyl (C=O) groups excluding carboxylic acids is 1. The lowest BCUT2D eigenvalue weighted by Gasteiger charge is -2.36. The van der Waals surface area contributed by atoms with Crippen molar-refractivity contribution in [2.45, 2.75) is 53.1 Å². The molecule has 0 radical (unpaired) electrons. The molecule has 0 bridgehead atoms. The minimum absolute atomic E-state index is 0.188. The Morgan fingerprint density at radius 1 is 1.22 bits per heavy atom. The highest BCUT2D eigenvalue weighted by Crippen LogP contribution is 2.33. The monoisotopic (exact) mass is 252 g/mol. The highest BCUT2D eigenvalue weighted by molar-refractivity contribution is 5.67. The molecule has 1 saturated heterocycles. The summed E-state index contributed by atoms with van der Waals surface area (Å²) in [7, 11) is 0. The number of esters is 1. The number of hydrogen-bond donors (Lipinski definition) is 1. The first-order chi connectivity index (χ1) is 8.24. The summed E-state index contributed by atoms with van der Waals surface area (Å²) < 4.78 is 5.45. The van der Waals surface area contributed by atoms with Crippen LogP contribution in [0.2, 0.25) is 0 Å². The Labute approximate surface area is 111 Å². The van der Waals surface area contributed by atoms with Crippen molar-refractivity contribution in [3.63, 3.8) is 0 Å². The van der Waals surface area contributed by atoms with E-state index >= 15 is 0 Å². The van der Waals surface area contributed by atoms with Crippen LogP contribution in [0.25, 0.3) is 0 Å². The van der Waals surface area contributed by atoms with Crippen molar-refractivity contribution >= 4 is 5.97 Å². The molecule has 1 atom stereocenters. The molecule has 3 nitrogen and oxygen atoms in total. The molecule has 1 aliphatic heterocycles. The van der Waals surface area contributed by atoms with Crippen LogP contribution in [0, 0.1) is 17.3 Å². The van der Waals surface area contributed by atoms with Crippen LogP contribution in [-0.4, -0.2) is 31.2 Å². The molecule has 1 N–H and O–H groups in total. The predicted molar refractivity (Wildman–Crippen MR) is 72.2 cm³/mol. The number of rotatable bonds is 2. The first kappa shape index (κ1) is 15.0. The van der Waals surface area contributed by atoms with Gasteiger partial charge in [-0.05, 0) is 18.8 Å². The number of carbonyl (C=O) groups is 1. The van der Waals surface area contributed by atoms with Gasteiger partial charge in [-0.1, -0.05) is 20.8 Å². The van der Waals surface area contributed by atoms with Gasteiger partial charge in [0.1, 0.15) is 6.54 Å². The zero-order valence-corrected chi connectivity index (χ0v) is 12.4. The maximum atomic E-state index is 11.2. The maximum absolute atomic E-state index is 11.2. The first-order valence-corrected chi connectivity index (χ1v) is 6.78. The van der Waals surface area contributed by atoms with Gasteiger partial charge >= 0.3 is 5.97 Å². The van der Waals surface area contributed by atoms with E-state index in [2.05, 4.69) is 11.8 Å². The molecule has 0 aliphatic carbocycles. The Kier molecular flexibility index (Phi) is 4.81. The number of nitrogens with one attached hydrogen (secondary N) is 1. The van der Waals surface area contributed by atoms with Crippen LogP contribution in [0.5, 0.6) is 0 Å². The standard InChI is InChI=1S/C15H25NO2/c1-13(17)18-15(5,14(2,3)4)9-8-12-16-10-6-7-11-16/h6-7,10-12H2,1-5H3/p+1. The maximum Gasteiger partial charge on any atom is 0.304 e. The summed E-state index contributed by atoms with van der Waals surface area (Å²) in [5.74, 6) is 6.13. The molecule has 102 valence electrons. The lowest BCUT2D eigenvalue weighted by molar-refractivity contribution is -0.879. The second-order valence-corrected chi connectivity index (χ2v) is 6.31. The lowest BCUT2D eigenvalue weighted by atomic mass is 9.78. The SMILES string of the molecule is CC(=O)OC(C)(C#CC[NH+]1CCCC1)C(C)(C)C. The van der Waals surface area contributed by atoms with E-state index in [1.807, 2.05) is 27.7 Å². The van der Waals surface area contributed by atoms with E-state index in [0.29, 0.717) is 0 Å². The molecular weight excluding hydrogens is 226 g/mol. The van der Waals surface area contributed by atoms with E-state index in [1.165, 1.54) is 32.9 Å². The number of ether oxygens (including phenoxy) is 1. The normalized spacial score (nSPS) is 19.8. The van der Waals surface area contributed by atoms with Crippen molar-refractivity contribution in [1.29, 1.82) is 0 Å². The number of quaternary nitrogens is 1. The van der Waals surface area contributed by atoms with Gasteiger partial charge < -0.3 is 9.64 Å². The van der Waals surface area contributed by atoms with Crippen LogP contribution in [0.15, 0.2) is 0 Å². The van der Waals surface area contributed by atoms with Gasteiger partial charge in [0.15, 0.2) is 5.60 Å². The van der Waals surface area contributed by atoms with Crippen molar-refractivity contribution < 1.29 is 14.4 Å². The molecule has 1 fully saturated rings. The fourth-order valence-electron chi connectivity index (χ4n) is 2.04. The smallest absolute Gasteiger partial charge is 0.304 e. The Balaban J connectivity index is 2.72. The molecule has 0 spiro atoms. The second-order valence-electron chi connectivity index (χ2n) is 6.31. The van der Waals surface area contributed by atoms with E-state index in [0.717, 1.165) is 6.54 Å². The fraction of sp³-hybridized carbons (Fsp3) is 0.800. The topological polar surface area (TPSA) is 30.7 Å². The molecule has 0 aromatic carbocycles. The third-order valence-electron chi connectivity index (χ3n) is 3.76. The van der Waals surface area contributed by atoms with Gasteiger partial charge in [0.25, 0.3) is 0 Å². The van der Waals surface area contributed by atoms with E-state index in [1.54, 1.807) is 4.90 Å². The highest BCUT2D eigenvalue weighted by Gasteiger charge is 2.39. The van der Waals surface area contributed by atoms with Gasteiger partial charge in [0.2, 0.25) is 0 Å². The Bertz CT molecular complexity index is 353. The fourth-order valence-corrected chi connectivity index (χ4v) is 2.04. The summed E-state index contributed by atoms with van der Waals surface area (Å²) in [6.45, 7) is 12.8. The summed E-state index contributed by atoms with van der Waals surface area (Å²) >= 11 is 0. The predicted octanol–water partition coefficient (Wildman–Crippen LogP) is 1.04. The van der Waals surface area contributed by atoms with Gasteiger partial charge in [-0.15, -0.1) is 0 Å². The average molecular weight is 252 g/mol. The van der Waals surface area contributed by atoms with Crippen molar-refractivity contribution in [2.24, 2.45) is 5.41 Å². The molecule has 18 heavy (non-hydrogen) atoms. The molecule has 0 aromatic heterocycles. The summed E-state index contributed by atoms with van der Waals surface area (Å²) in [5, 5.41) is 0. The van der Waals surface area contributed by atoms with Crippen molar-refractivity contribution in [1.82, 2.24) is 0 Å². The van der Waals surface area contributed by atoms with Crippen LogP contribution in [-0.2, 0) is 9.53 Å². The van der Waals surface area contributed by atoms with Crippen LogP contribution in [0.4, 0.5) is 0 Å². The Morgan fingerprint density at radius 2 is 1.78 bits per heavy atom. The minimum Gasteiger partial charge on any atom is -0.446 e. The van der Waals surface area contributed by atoms with E-state index in [4.69, 9.17) is 4.74 Å². The molecule has 3 heteroatoms. The molecule has 1 unspecified atom stereocenters. The zero-order chi connectivity index (χ0) is 13.8. The van der Waals surface area contributed by atoms with Crippen molar-refractivity contribution in [3.8, 4) is 11.8 Å². The summed E-state index contributed by atoms with van der Waals surface area (Å²) in [4.78, 5) is 12.8. The molecular formula is C15H26NO2+. The zero-order valence-electron chi connectivity index (χ0n) is 12.4. The molecule has 0 aromatic rings. The largest absolute Gasteiger partial charge is 0.446 e.